The molecule has 2 rings (SSSR count). The van der Waals surface area contributed by atoms with Gasteiger partial charge < -0.3 is 15.2 Å². The monoisotopic (exact) mass is 306 g/mol. The smallest absolute Gasteiger partial charge is 0.339 e. The molecule has 0 spiro atoms. The highest BCUT2D eigenvalue weighted by Gasteiger charge is 2.58. The molecule has 0 aromatic heterocycles. The van der Waals surface area contributed by atoms with Gasteiger partial charge in [0.2, 0.25) is 0 Å². The summed E-state index contributed by atoms with van der Waals surface area (Å²) >= 11 is 0. The van der Waals surface area contributed by atoms with Gasteiger partial charge in [-0.1, -0.05) is 19.6 Å². The minimum Gasteiger partial charge on any atom is -0.459 e. The van der Waals surface area contributed by atoms with Gasteiger partial charge in [-0.3, -0.25) is 4.84 Å². The predicted octanol–water partition coefficient (Wildman–Crippen LogP) is 0.0796. The highest BCUT2D eigenvalue weighted by molar-refractivity contribution is 5.79. The Morgan fingerprint density at radius 3 is 3.05 bits per heavy atom. The molecule has 0 saturated carbocycles. The number of rotatable bonds is 6. The van der Waals surface area contributed by atoms with Crippen LogP contribution in [-0.4, -0.2) is 66.0 Å². The van der Waals surface area contributed by atoms with Gasteiger partial charge in [0.15, 0.2) is 5.60 Å². The van der Waals surface area contributed by atoms with Gasteiger partial charge in [0.1, 0.15) is 12.6 Å². The van der Waals surface area contributed by atoms with Crippen molar-refractivity contribution >= 4 is 5.97 Å². The van der Waals surface area contributed by atoms with Crippen molar-refractivity contribution in [3.63, 3.8) is 0 Å². The van der Waals surface area contributed by atoms with E-state index < -0.39 is 36.1 Å². The Morgan fingerprint density at radius 2 is 2.43 bits per heavy atom. The molecule has 0 aromatic carbocycles. The molecule has 2 fully saturated rings. The van der Waals surface area contributed by atoms with Crippen LogP contribution < -0.4 is 5.32 Å². The maximum atomic E-state index is 13.8. The van der Waals surface area contributed by atoms with Gasteiger partial charge in [0, 0.05) is 0 Å². The zero-order chi connectivity index (χ0) is 15.7. The third-order valence-electron chi connectivity index (χ3n) is 3.86. The topological polar surface area (TPSA) is 71.0 Å². The van der Waals surface area contributed by atoms with Crippen molar-refractivity contribution < 1.29 is 28.3 Å². The van der Waals surface area contributed by atoms with Crippen LogP contribution in [0.4, 0.5) is 8.78 Å². The molecule has 3 atom stereocenters. The van der Waals surface area contributed by atoms with E-state index in [2.05, 4.69) is 11.9 Å². The van der Waals surface area contributed by atoms with Gasteiger partial charge in [-0.2, -0.15) is 5.06 Å². The van der Waals surface area contributed by atoms with Gasteiger partial charge in [0.25, 0.3) is 5.92 Å². The first-order chi connectivity index (χ1) is 9.84. The van der Waals surface area contributed by atoms with Crippen LogP contribution in [0.5, 0.6) is 0 Å². The first-order valence-electron chi connectivity index (χ1n) is 6.85. The van der Waals surface area contributed by atoms with E-state index in [4.69, 9.17) is 9.57 Å². The molecule has 2 saturated heterocycles. The molecular formula is C13H20F2N2O4. The Balaban J connectivity index is 2.07. The largest absolute Gasteiger partial charge is 0.459 e. The van der Waals surface area contributed by atoms with Crippen LogP contribution in [0.15, 0.2) is 12.7 Å². The summed E-state index contributed by atoms with van der Waals surface area (Å²) in [6, 6.07) is -1.70. The third kappa shape index (κ3) is 3.08. The first-order valence-corrected chi connectivity index (χ1v) is 6.85. The fraction of sp³-hybridized carbons (Fsp3) is 0.769. The van der Waals surface area contributed by atoms with Crippen LogP contribution in [-0.2, 0) is 14.4 Å². The Bertz CT molecular complexity index is 421. The lowest BCUT2D eigenvalue weighted by Crippen LogP contribution is -2.54. The van der Waals surface area contributed by atoms with Crippen molar-refractivity contribution in [1.82, 2.24) is 10.4 Å². The molecule has 21 heavy (non-hydrogen) atoms. The number of esters is 1. The Kier molecular flexibility index (Phi) is 4.62. The quantitative estimate of drug-likeness (QED) is 0.535. The van der Waals surface area contributed by atoms with E-state index in [1.807, 2.05) is 0 Å². The van der Waals surface area contributed by atoms with E-state index in [0.29, 0.717) is 0 Å². The lowest BCUT2D eigenvalue weighted by Gasteiger charge is -2.32. The number of alkyl halides is 2. The summed E-state index contributed by atoms with van der Waals surface area (Å²) in [6.45, 7) is 4.22. The number of hydrogen-bond acceptors (Lipinski definition) is 6. The predicted molar refractivity (Wildman–Crippen MR) is 69.6 cm³/mol. The summed E-state index contributed by atoms with van der Waals surface area (Å²) < 4.78 is 32.5. The van der Waals surface area contributed by atoms with Crippen molar-refractivity contribution in [3.05, 3.63) is 12.7 Å². The summed E-state index contributed by atoms with van der Waals surface area (Å²) in [7, 11) is 0. The van der Waals surface area contributed by atoms with Gasteiger partial charge >= 0.3 is 5.97 Å². The maximum Gasteiger partial charge on any atom is 0.339 e. The van der Waals surface area contributed by atoms with Crippen LogP contribution in [0.2, 0.25) is 0 Å². The molecule has 0 aliphatic carbocycles. The fourth-order valence-corrected chi connectivity index (χ4v) is 2.59. The number of fused-ring (bicyclic) bond motifs is 1. The highest BCUT2D eigenvalue weighted by Crippen LogP contribution is 2.36. The molecule has 0 aromatic rings. The second-order valence-electron chi connectivity index (χ2n) is 5.34. The van der Waals surface area contributed by atoms with Gasteiger partial charge in [0.05, 0.1) is 25.7 Å². The summed E-state index contributed by atoms with van der Waals surface area (Å²) in [5.41, 5.74) is -1.89. The van der Waals surface area contributed by atoms with E-state index >= 15 is 0 Å². The molecule has 6 nitrogen and oxygen atoms in total. The lowest BCUT2D eigenvalue weighted by molar-refractivity contribution is -0.214. The van der Waals surface area contributed by atoms with Crippen LogP contribution in [0.3, 0.4) is 0 Å². The van der Waals surface area contributed by atoms with E-state index in [0.717, 1.165) is 5.06 Å². The Hall–Kier alpha value is -1.09. The number of aliphatic hydroxyl groups is 1. The fourth-order valence-electron chi connectivity index (χ4n) is 2.59. The number of hydroxylamine groups is 2. The van der Waals surface area contributed by atoms with Crippen molar-refractivity contribution in [2.45, 2.75) is 37.0 Å². The molecule has 0 bridgehead atoms. The number of carbonyl (C=O) groups excluding carboxylic acids is 1. The van der Waals surface area contributed by atoms with Crippen molar-refractivity contribution in [3.8, 4) is 0 Å². The van der Waals surface area contributed by atoms with Crippen molar-refractivity contribution in [2.24, 2.45) is 0 Å². The molecule has 2 heterocycles. The van der Waals surface area contributed by atoms with E-state index in [1.54, 1.807) is 6.92 Å². The number of ether oxygens (including phenoxy) is 1. The van der Waals surface area contributed by atoms with E-state index in [1.165, 1.54) is 6.08 Å². The standard InChI is InChI=1S/C13H20F2N2O4/c1-3-5-20-11(18)12(19,4-2)8-17-10-9(6-21-17)16-7-13(10,14)15/h3,9-10,16,19H,1,4-8H2,2H3/t9-,10+,12?/m1/s1. The average Bonchev–Trinajstić information content (AvgIpc) is 2.98. The average molecular weight is 306 g/mol. The third-order valence-corrected chi connectivity index (χ3v) is 3.86. The van der Waals surface area contributed by atoms with E-state index in [-0.39, 0.29) is 26.2 Å². The summed E-state index contributed by atoms with van der Waals surface area (Å²) in [4.78, 5) is 17.1. The molecule has 0 amide bonds. The number of halogens is 2. The zero-order valence-electron chi connectivity index (χ0n) is 11.8. The SMILES string of the molecule is C=CCOC(=O)C(O)(CC)CN1OC[C@H]2NCC(F)(F)[C@H]21. The molecule has 0 radical (unpaired) electrons. The number of carbonyl (C=O) groups is 1. The number of nitrogens with zero attached hydrogens (tertiary/aromatic N) is 1. The Morgan fingerprint density at radius 1 is 1.71 bits per heavy atom. The summed E-state index contributed by atoms with van der Waals surface area (Å²) in [5, 5.41) is 14.1. The maximum absolute atomic E-state index is 13.8. The second kappa shape index (κ2) is 5.96. The number of hydrogen-bond donors (Lipinski definition) is 2. The molecule has 2 aliphatic heterocycles. The molecular weight excluding hydrogens is 286 g/mol. The van der Waals surface area contributed by atoms with E-state index in [9.17, 15) is 18.7 Å². The van der Waals surface area contributed by atoms with Crippen LogP contribution in [0, 0.1) is 0 Å². The van der Waals surface area contributed by atoms with Gasteiger partial charge in [-0.05, 0) is 6.42 Å². The molecule has 1 unspecified atom stereocenters. The van der Waals surface area contributed by atoms with Crippen molar-refractivity contribution in [2.75, 3.05) is 26.3 Å². The van der Waals surface area contributed by atoms with Crippen LogP contribution >= 0.6 is 0 Å². The molecule has 2 N–H and O–H groups in total. The molecule has 2 aliphatic rings. The van der Waals surface area contributed by atoms with Crippen molar-refractivity contribution in [1.29, 1.82) is 0 Å². The van der Waals surface area contributed by atoms with Crippen LogP contribution in [0.25, 0.3) is 0 Å². The Labute approximate surface area is 121 Å². The lowest BCUT2D eigenvalue weighted by atomic mass is 9.99. The summed E-state index contributed by atoms with van der Waals surface area (Å²) in [6.07, 6.45) is 1.39. The van der Waals surface area contributed by atoms with Gasteiger partial charge in [-0.15, -0.1) is 0 Å². The summed E-state index contributed by atoms with van der Waals surface area (Å²) in [5.74, 6) is -3.84. The number of nitrogens with one attached hydrogen (secondary N) is 1. The highest BCUT2D eigenvalue weighted by atomic mass is 19.3. The van der Waals surface area contributed by atoms with Gasteiger partial charge in [-0.25, -0.2) is 13.6 Å². The minimum atomic E-state index is -2.97. The first kappa shape index (κ1) is 16.3. The minimum absolute atomic E-state index is 0.0270. The normalized spacial score (nSPS) is 30.7. The second-order valence-corrected chi connectivity index (χ2v) is 5.34. The zero-order valence-corrected chi connectivity index (χ0v) is 11.8. The number of β-amino-alcohol motifs (C(OH)–C–C–N with tert-alkyl or cyclic N) is 1. The molecule has 8 heteroatoms. The van der Waals surface area contributed by atoms with Crippen LogP contribution in [0.1, 0.15) is 13.3 Å². The molecule has 120 valence electrons.